The number of rotatable bonds is 2. The molecule has 0 spiro atoms. The minimum Gasteiger partial charge on any atom is -0.462 e. The summed E-state index contributed by atoms with van der Waals surface area (Å²) >= 11 is 0. The molecule has 0 aromatic heterocycles. The van der Waals surface area contributed by atoms with E-state index in [1.54, 1.807) is 31.2 Å². The van der Waals surface area contributed by atoms with Crippen LogP contribution in [0.15, 0.2) is 48.5 Å². The maximum atomic E-state index is 11.5. The van der Waals surface area contributed by atoms with E-state index in [0.717, 1.165) is 11.1 Å². The van der Waals surface area contributed by atoms with Gasteiger partial charge in [-0.15, -0.1) is 0 Å². The maximum Gasteiger partial charge on any atom is 0.338 e. The SMILES string of the molecule is CCOC(=O)c1ccc(C#Cc2cccc(N)c2)cc1. The zero-order chi connectivity index (χ0) is 14.4. The first-order chi connectivity index (χ1) is 9.69. The molecule has 0 saturated heterocycles. The molecule has 2 N–H and O–H groups in total. The molecule has 3 heteroatoms. The minimum absolute atomic E-state index is 0.317. The Morgan fingerprint density at radius 1 is 1.10 bits per heavy atom. The largest absolute Gasteiger partial charge is 0.462 e. The minimum atomic E-state index is -0.317. The summed E-state index contributed by atoms with van der Waals surface area (Å²) in [7, 11) is 0. The number of carbonyl (C=O) groups is 1. The highest BCUT2D eigenvalue weighted by molar-refractivity contribution is 5.89. The molecule has 100 valence electrons. The second-order valence-electron chi connectivity index (χ2n) is 4.17. The van der Waals surface area contributed by atoms with E-state index < -0.39 is 0 Å². The van der Waals surface area contributed by atoms with Crippen molar-refractivity contribution in [2.75, 3.05) is 12.3 Å². The van der Waals surface area contributed by atoms with Crippen LogP contribution in [0.3, 0.4) is 0 Å². The van der Waals surface area contributed by atoms with Crippen LogP contribution >= 0.6 is 0 Å². The number of hydrogen-bond acceptors (Lipinski definition) is 3. The Morgan fingerprint density at radius 2 is 1.80 bits per heavy atom. The van der Waals surface area contributed by atoms with Gasteiger partial charge in [0.2, 0.25) is 0 Å². The van der Waals surface area contributed by atoms with Crippen LogP contribution in [-0.2, 0) is 4.74 Å². The molecule has 3 nitrogen and oxygen atoms in total. The van der Waals surface area contributed by atoms with Gasteiger partial charge in [-0.3, -0.25) is 0 Å². The third kappa shape index (κ3) is 3.63. The normalized spacial score (nSPS) is 9.45. The number of benzene rings is 2. The van der Waals surface area contributed by atoms with Gasteiger partial charge in [0, 0.05) is 16.8 Å². The summed E-state index contributed by atoms with van der Waals surface area (Å²) in [6.07, 6.45) is 0. The van der Waals surface area contributed by atoms with E-state index in [2.05, 4.69) is 11.8 Å². The van der Waals surface area contributed by atoms with Crippen molar-refractivity contribution in [2.24, 2.45) is 0 Å². The predicted octanol–water partition coefficient (Wildman–Crippen LogP) is 2.85. The number of carbonyl (C=O) groups excluding carboxylic acids is 1. The zero-order valence-electron chi connectivity index (χ0n) is 11.2. The molecule has 0 amide bonds. The number of hydrogen-bond donors (Lipinski definition) is 1. The van der Waals surface area contributed by atoms with Gasteiger partial charge in [-0.25, -0.2) is 4.79 Å². The van der Waals surface area contributed by atoms with Crippen LogP contribution in [0.4, 0.5) is 5.69 Å². The van der Waals surface area contributed by atoms with Crippen LogP contribution < -0.4 is 5.73 Å². The van der Waals surface area contributed by atoms with Crippen molar-refractivity contribution in [3.63, 3.8) is 0 Å². The van der Waals surface area contributed by atoms with Gasteiger partial charge in [0.05, 0.1) is 12.2 Å². The fourth-order valence-corrected chi connectivity index (χ4v) is 1.66. The standard InChI is InChI=1S/C17H15NO2/c1-2-20-17(19)15-10-8-13(9-11-15)6-7-14-4-3-5-16(18)12-14/h3-5,8-12H,2,18H2,1H3. The van der Waals surface area contributed by atoms with Crippen LogP contribution in [0.1, 0.15) is 28.4 Å². The summed E-state index contributed by atoms with van der Waals surface area (Å²) in [5, 5.41) is 0. The molecule has 0 aliphatic carbocycles. The third-order valence-corrected chi connectivity index (χ3v) is 2.63. The fourth-order valence-electron chi connectivity index (χ4n) is 1.66. The Balaban J connectivity index is 2.14. The molecular formula is C17H15NO2. The van der Waals surface area contributed by atoms with E-state index in [1.807, 2.05) is 24.3 Å². The summed E-state index contributed by atoms with van der Waals surface area (Å²) in [6, 6.07) is 14.4. The molecule has 2 aromatic carbocycles. The summed E-state index contributed by atoms with van der Waals surface area (Å²) in [5.74, 6) is 5.74. The number of ether oxygens (including phenoxy) is 1. The van der Waals surface area contributed by atoms with Crippen LogP contribution in [0.5, 0.6) is 0 Å². The van der Waals surface area contributed by atoms with Crippen molar-refractivity contribution in [3.8, 4) is 11.8 Å². The molecule has 0 saturated carbocycles. The van der Waals surface area contributed by atoms with Crippen molar-refractivity contribution >= 4 is 11.7 Å². The van der Waals surface area contributed by atoms with Gasteiger partial charge in [-0.05, 0) is 49.4 Å². The molecule has 20 heavy (non-hydrogen) atoms. The van der Waals surface area contributed by atoms with Crippen molar-refractivity contribution < 1.29 is 9.53 Å². The lowest BCUT2D eigenvalue weighted by Gasteiger charge is -2.00. The molecule has 0 heterocycles. The lowest BCUT2D eigenvalue weighted by molar-refractivity contribution is 0.0526. The fraction of sp³-hybridized carbons (Fsp3) is 0.118. The van der Waals surface area contributed by atoms with E-state index in [4.69, 9.17) is 10.5 Å². The highest BCUT2D eigenvalue weighted by Gasteiger charge is 2.04. The van der Waals surface area contributed by atoms with E-state index >= 15 is 0 Å². The van der Waals surface area contributed by atoms with Crippen LogP contribution in [0.25, 0.3) is 0 Å². The smallest absolute Gasteiger partial charge is 0.338 e. The van der Waals surface area contributed by atoms with Gasteiger partial charge >= 0.3 is 5.97 Å². The van der Waals surface area contributed by atoms with E-state index in [-0.39, 0.29) is 5.97 Å². The molecule has 0 fully saturated rings. The Bertz CT molecular complexity index is 663. The van der Waals surface area contributed by atoms with Crippen LogP contribution in [0.2, 0.25) is 0 Å². The molecule has 0 radical (unpaired) electrons. The number of nitrogens with two attached hydrogens (primary N) is 1. The summed E-state index contributed by atoms with van der Waals surface area (Å²) in [4.78, 5) is 11.5. The molecule has 0 aliphatic heterocycles. The van der Waals surface area contributed by atoms with Crippen molar-refractivity contribution in [1.29, 1.82) is 0 Å². The molecular weight excluding hydrogens is 250 g/mol. The van der Waals surface area contributed by atoms with Crippen LogP contribution in [-0.4, -0.2) is 12.6 Å². The Labute approximate surface area is 118 Å². The molecule has 0 unspecified atom stereocenters. The first-order valence-electron chi connectivity index (χ1n) is 6.34. The molecule has 0 bridgehead atoms. The van der Waals surface area contributed by atoms with Crippen LogP contribution in [0, 0.1) is 11.8 Å². The summed E-state index contributed by atoms with van der Waals surface area (Å²) < 4.78 is 4.92. The third-order valence-electron chi connectivity index (χ3n) is 2.63. The van der Waals surface area contributed by atoms with Gasteiger partial charge in [-0.1, -0.05) is 17.9 Å². The molecule has 2 aromatic rings. The van der Waals surface area contributed by atoms with Crippen molar-refractivity contribution in [2.45, 2.75) is 6.92 Å². The van der Waals surface area contributed by atoms with E-state index in [1.165, 1.54) is 0 Å². The molecule has 2 rings (SSSR count). The summed E-state index contributed by atoms with van der Waals surface area (Å²) in [5.41, 5.74) is 8.60. The Hall–Kier alpha value is -2.73. The van der Waals surface area contributed by atoms with Crippen molar-refractivity contribution in [3.05, 3.63) is 65.2 Å². The first kappa shape index (κ1) is 13.7. The highest BCUT2D eigenvalue weighted by atomic mass is 16.5. The number of nitrogen functional groups attached to an aromatic ring is 1. The quantitative estimate of drug-likeness (QED) is 0.516. The number of esters is 1. The highest BCUT2D eigenvalue weighted by Crippen LogP contribution is 2.07. The maximum absolute atomic E-state index is 11.5. The lowest BCUT2D eigenvalue weighted by atomic mass is 10.1. The van der Waals surface area contributed by atoms with Gasteiger partial charge < -0.3 is 10.5 Å². The van der Waals surface area contributed by atoms with Gasteiger partial charge in [0.25, 0.3) is 0 Å². The Kier molecular flexibility index (Phi) is 4.41. The Morgan fingerprint density at radius 3 is 2.45 bits per heavy atom. The first-order valence-corrected chi connectivity index (χ1v) is 6.34. The topological polar surface area (TPSA) is 52.3 Å². The lowest BCUT2D eigenvalue weighted by Crippen LogP contribution is -2.04. The summed E-state index contributed by atoms with van der Waals surface area (Å²) in [6.45, 7) is 2.15. The average molecular weight is 265 g/mol. The average Bonchev–Trinajstić information content (AvgIpc) is 2.46. The van der Waals surface area contributed by atoms with Gasteiger partial charge in [0.15, 0.2) is 0 Å². The second kappa shape index (κ2) is 6.44. The second-order valence-corrected chi connectivity index (χ2v) is 4.17. The monoisotopic (exact) mass is 265 g/mol. The molecule has 0 atom stereocenters. The van der Waals surface area contributed by atoms with Gasteiger partial charge in [0.1, 0.15) is 0 Å². The number of anilines is 1. The zero-order valence-corrected chi connectivity index (χ0v) is 11.2. The van der Waals surface area contributed by atoms with Gasteiger partial charge in [-0.2, -0.15) is 0 Å². The van der Waals surface area contributed by atoms with Crippen molar-refractivity contribution in [1.82, 2.24) is 0 Å². The predicted molar refractivity (Wildman–Crippen MR) is 79.2 cm³/mol. The van der Waals surface area contributed by atoms with E-state index in [0.29, 0.717) is 17.9 Å². The van der Waals surface area contributed by atoms with E-state index in [9.17, 15) is 4.79 Å². The molecule has 0 aliphatic rings.